The van der Waals surface area contributed by atoms with E-state index in [2.05, 4.69) is 36.8 Å². The minimum atomic E-state index is -0.523. The molecule has 0 unspecified atom stereocenters. The summed E-state index contributed by atoms with van der Waals surface area (Å²) in [5.41, 5.74) is 0.632. The number of ether oxygens (including phenoxy) is 1. The molecule has 3 aromatic rings. The van der Waals surface area contributed by atoms with Gasteiger partial charge in [0.05, 0.1) is 18.4 Å². The number of halogens is 2. The highest BCUT2D eigenvalue weighted by Crippen LogP contribution is 2.34. The molecule has 0 atom stereocenters. The number of methoxy groups -OCH3 is 1. The van der Waals surface area contributed by atoms with Gasteiger partial charge in [0.15, 0.2) is 0 Å². The maximum absolute atomic E-state index is 13.6. The standard InChI is InChI=1S/C16H13BrFN5O2S/c1-23-16(20-21-22-23)26-14-6-3-9(17)7-12(14)19-15(24)11-8-10(18)4-5-13(11)25-2/h3-8H,1-2H3,(H,19,24). The summed E-state index contributed by atoms with van der Waals surface area (Å²) < 4.78 is 21.0. The minimum absolute atomic E-state index is 0.101. The van der Waals surface area contributed by atoms with Gasteiger partial charge in [-0.05, 0) is 58.6 Å². The summed E-state index contributed by atoms with van der Waals surface area (Å²) in [6.45, 7) is 0. The van der Waals surface area contributed by atoms with E-state index in [1.165, 1.54) is 35.7 Å². The second-order valence-electron chi connectivity index (χ2n) is 5.13. The molecule has 26 heavy (non-hydrogen) atoms. The molecule has 0 fully saturated rings. The van der Waals surface area contributed by atoms with Crippen molar-refractivity contribution in [2.75, 3.05) is 12.4 Å². The number of hydrogen-bond donors (Lipinski definition) is 1. The molecular formula is C16H13BrFN5O2S. The van der Waals surface area contributed by atoms with E-state index in [1.807, 2.05) is 12.1 Å². The van der Waals surface area contributed by atoms with Gasteiger partial charge in [-0.15, -0.1) is 5.10 Å². The number of aromatic nitrogens is 4. The second kappa shape index (κ2) is 7.83. The van der Waals surface area contributed by atoms with Gasteiger partial charge >= 0.3 is 0 Å². The molecule has 0 aliphatic carbocycles. The first kappa shape index (κ1) is 18.3. The zero-order valence-electron chi connectivity index (χ0n) is 13.7. The maximum atomic E-state index is 13.6. The van der Waals surface area contributed by atoms with E-state index in [0.717, 1.165) is 15.4 Å². The molecule has 1 aromatic heterocycles. The molecular weight excluding hydrogens is 425 g/mol. The average molecular weight is 438 g/mol. The van der Waals surface area contributed by atoms with Gasteiger partial charge in [-0.2, -0.15) is 0 Å². The first-order valence-corrected chi connectivity index (χ1v) is 8.93. The van der Waals surface area contributed by atoms with E-state index in [0.29, 0.717) is 10.8 Å². The number of rotatable bonds is 5. The van der Waals surface area contributed by atoms with Crippen molar-refractivity contribution in [2.24, 2.45) is 7.05 Å². The number of anilines is 1. The molecule has 0 aliphatic rings. The van der Waals surface area contributed by atoms with E-state index in [-0.39, 0.29) is 11.3 Å². The highest BCUT2D eigenvalue weighted by molar-refractivity contribution is 9.10. The van der Waals surface area contributed by atoms with Crippen LogP contribution in [0.5, 0.6) is 5.75 Å². The third kappa shape index (κ3) is 4.02. The minimum Gasteiger partial charge on any atom is -0.496 e. The Balaban J connectivity index is 1.92. The van der Waals surface area contributed by atoms with Crippen molar-refractivity contribution >= 4 is 39.3 Å². The molecule has 1 N–H and O–H groups in total. The van der Waals surface area contributed by atoms with Crippen molar-refractivity contribution in [1.82, 2.24) is 20.2 Å². The quantitative estimate of drug-likeness (QED) is 0.657. The molecule has 7 nitrogen and oxygen atoms in total. The van der Waals surface area contributed by atoms with Crippen molar-refractivity contribution in [3.63, 3.8) is 0 Å². The molecule has 10 heteroatoms. The number of nitrogens with zero attached hydrogens (tertiary/aromatic N) is 4. The zero-order chi connectivity index (χ0) is 18.7. The molecule has 0 saturated carbocycles. The number of tetrazole rings is 1. The van der Waals surface area contributed by atoms with Gasteiger partial charge < -0.3 is 10.1 Å². The molecule has 0 radical (unpaired) electrons. The largest absolute Gasteiger partial charge is 0.496 e. The number of amides is 1. The molecule has 1 heterocycles. The van der Waals surface area contributed by atoms with Crippen LogP contribution in [-0.2, 0) is 7.05 Å². The van der Waals surface area contributed by atoms with Gasteiger partial charge in [0, 0.05) is 16.4 Å². The molecule has 134 valence electrons. The molecule has 0 aliphatic heterocycles. The smallest absolute Gasteiger partial charge is 0.259 e. The van der Waals surface area contributed by atoms with Crippen molar-refractivity contribution in [3.05, 3.63) is 52.3 Å². The summed E-state index contributed by atoms with van der Waals surface area (Å²) in [6, 6.07) is 9.18. The normalized spacial score (nSPS) is 10.6. The van der Waals surface area contributed by atoms with E-state index < -0.39 is 11.7 Å². The van der Waals surface area contributed by atoms with E-state index in [4.69, 9.17) is 4.74 Å². The number of nitrogens with one attached hydrogen (secondary N) is 1. The predicted molar refractivity (Wildman–Crippen MR) is 98.0 cm³/mol. The van der Waals surface area contributed by atoms with Gasteiger partial charge in [-0.3, -0.25) is 4.79 Å². The third-order valence-electron chi connectivity index (χ3n) is 3.38. The van der Waals surface area contributed by atoms with Gasteiger partial charge in [0.1, 0.15) is 11.6 Å². The Morgan fingerprint density at radius 3 is 2.81 bits per heavy atom. The fourth-order valence-corrected chi connectivity index (χ4v) is 3.30. The summed E-state index contributed by atoms with van der Waals surface area (Å²) in [7, 11) is 3.14. The Bertz CT molecular complexity index is 966. The Hall–Kier alpha value is -2.46. The fourth-order valence-electron chi connectivity index (χ4n) is 2.14. The third-order valence-corrected chi connectivity index (χ3v) is 4.98. The maximum Gasteiger partial charge on any atom is 0.259 e. The molecule has 0 bridgehead atoms. The summed E-state index contributed by atoms with van der Waals surface area (Å²) in [4.78, 5) is 13.4. The topological polar surface area (TPSA) is 81.9 Å². The molecule has 0 saturated heterocycles. The van der Waals surface area contributed by atoms with Crippen molar-refractivity contribution in [2.45, 2.75) is 10.1 Å². The predicted octanol–water partition coefficient (Wildman–Crippen LogP) is 3.52. The summed E-state index contributed by atoms with van der Waals surface area (Å²) in [6.07, 6.45) is 0. The molecule has 2 aromatic carbocycles. The van der Waals surface area contributed by atoms with Crippen LogP contribution in [0.3, 0.4) is 0 Å². The fraction of sp³-hybridized carbons (Fsp3) is 0.125. The summed E-state index contributed by atoms with van der Waals surface area (Å²) in [5.74, 6) is -0.729. The SMILES string of the molecule is COc1ccc(F)cc1C(=O)Nc1cc(Br)ccc1Sc1nnnn1C. The Morgan fingerprint density at radius 2 is 2.12 bits per heavy atom. The van der Waals surface area contributed by atoms with Crippen LogP contribution in [-0.4, -0.2) is 33.2 Å². The number of aryl methyl sites for hydroxylation is 1. The lowest BCUT2D eigenvalue weighted by Crippen LogP contribution is -2.14. The molecule has 0 spiro atoms. The summed E-state index contributed by atoms with van der Waals surface area (Å²) in [5, 5.41) is 14.6. The first-order chi connectivity index (χ1) is 12.5. The zero-order valence-corrected chi connectivity index (χ0v) is 16.1. The van der Waals surface area contributed by atoms with E-state index >= 15 is 0 Å². The monoisotopic (exact) mass is 437 g/mol. The number of carbonyl (C=O) groups excluding carboxylic acids is 1. The Labute approximate surface area is 161 Å². The molecule has 3 rings (SSSR count). The van der Waals surface area contributed by atoms with Crippen LogP contribution in [0.2, 0.25) is 0 Å². The first-order valence-electron chi connectivity index (χ1n) is 7.32. The van der Waals surface area contributed by atoms with Gasteiger partial charge in [-0.25, -0.2) is 9.07 Å². The van der Waals surface area contributed by atoms with Crippen LogP contribution < -0.4 is 10.1 Å². The van der Waals surface area contributed by atoms with Gasteiger partial charge in [0.2, 0.25) is 5.16 Å². The van der Waals surface area contributed by atoms with Gasteiger partial charge in [-0.1, -0.05) is 15.9 Å². The number of carbonyl (C=O) groups is 1. The van der Waals surface area contributed by atoms with Crippen molar-refractivity contribution < 1.29 is 13.9 Å². The van der Waals surface area contributed by atoms with Crippen LogP contribution in [0.15, 0.2) is 50.9 Å². The van der Waals surface area contributed by atoms with Crippen LogP contribution >= 0.6 is 27.7 Å². The van der Waals surface area contributed by atoms with Crippen molar-refractivity contribution in [1.29, 1.82) is 0 Å². The van der Waals surface area contributed by atoms with Crippen molar-refractivity contribution in [3.8, 4) is 5.75 Å². The summed E-state index contributed by atoms with van der Waals surface area (Å²) >= 11 is 4.68. The van der Waals surface area contributed by atoms with Crippen LogP contribution in [0, 0.1) is 5.82 Å². The van der Waals surface area contributed by atoms with Crippen LogP contribution in [0.25, 0.3) is 0 Å². The van der Waals surface area contributed by atoms with Gasteiger partial charge in [0.25, 0.3) is 5.91 Å². The average Bonchev–Trinajstić information content (AvgIpc) is 3.02. The number of benzene rings is 2. The Morgan fingerprint density at radius 1 is 1.31 bits per heavy atom. The highest BCUT2D eigenvalue weighted by Gasteiger charge is 2.17. The Kier molecular flexibility index (Phi) is 5.52. The van der Waals surface area contributed by atoms with Crippen LogP contribution in [0.4, 0.5) is 10.1 Å². The lowest BCUT2D eigenvalue weighted by molar-refractivity contribution is 0.102. The van der Waals surface area contributed by atoms with Crippen LogP contribution in [0.1, 0.15) is 10.4 Å². The van der Waals surface area contributed by atoms with E-state index in [9.17, 15) is 9.18 Å². The lowest BCUT2D eigenvalue weighted by atomic mass is 10.1. The highest BCUT2D eigenvalue weighted by atomic mass is 79.9. The number of hydrogen-bond acceptors (Lipinski definition) is 6. The van der Waals surface area contributed by atoms with E-state index in [1.54, 1.807) is 13.1 Å². The molecule has 1 amide bonds. The second-order valence-corrected chi connectivity index (χ2v) is 7.05. The lowest BCUT2D eigenvalue weighted by Gasteiger charge is -2.13.